The molecule has 0 aliphatic rings. The van der Waals surface area contributed by atoms with Crippen molar-refractivity contribution in [1.82, 2.24) is 0 Å². The molecule has 1 rings (SSSR count). The molecule has 2 nitrogen and oxygen atoms in total. The number of ether oxygens (including phenoxy) is 2. The summed E-state index contributed by atoms with van der Waals surface area (Å²) in [6.45, 7) is 1.22. The summed E-state index contributed by atoms with van der Waals surface area (Å²) in [7, 11) is 3.35. The van der Waals surface area contributed by atoms with Crippen LogP contribution in [0.25, 0.3) is 0 Å². The van der Waals surface area contributed by atoms with Gasteiger partial charge in [0.05, 0.1) is 13.2 Å². The zero-order valence-corrected chi connectivity index (χ0v) is 12.7. The Morgan fingerprint density at radius 1 is 1.00 bits per heavy atom. The minimum atomic E-state index is 0. The molecule has 5 heteroatoms. The second-order valence-electron chi connectivity index (χ2n) is 2.57. The van der Waals surface area contributed by atoms with Crippen molar-refractivity contribution >= 4 is 24.4 Å². The predicted octanol–water partition coefficient (Wildman–Crippen LogP) is -4.59. The third-order valence-electron chi connectivity index (χ3n) is 1.52. The molecule has 0 aliphatic carbocycles. The van der Waals surface area contributed by atoms with Crippen molar-refractivity contribution in [2.24, 2.45) is 0 Å². The first-order valence-electron chi connectivity index (χ1n) is 3.84. The summed E-state index contributed by atoms with van der Waals surface area (Å²) in [5.41, 5.74) is 2.12. The average molecular weight is 358 g/mol. The molecule has 0 bridgehead atoms. The molecule has 0 aliphatic heterocycles. The van der Waals surface area contributed by atoms with Crippen LogP contribution in [0, 0.1) is 6.07 Å². The van der Waals surface area contributed by atoms with Gasteiger partial charge in [0.1, 0.15) is 0 Å². The predicted molar refractivity (Wildman–Crippen MR) is 52.5 cm³/mol. The number of benzene rings is 1. The van der Waals surface area contributed by atoms with Crippen LogP contribution >= 0.6 is 0 Å². The Bertz CT molecular complexity index is 225. The molecule has 0 N–H and O–H groups in total. The average Bonchev–Trinajstić information content (AvgIpc) is 2.06. The van der Waals surface area contributed by atoms with Gasteiger partial charge in [-0.05, 0) is 17.2 Å². The summed E-state index contributed by atoms with van der Waals surface area (Å²) in [5, 5.41) is 0. The molecule has 0 saturated heterocycles. The van der Waals surface area contributed by atoms with E-state index in [4.69, 9.17) is 9.47 Å². The van der Waals surface area contributed by atoms with Crippen molar-refractivity contribution in [2.75, 3.05) is 14.2 Å². The van der Waals surface area contributed by atoms with Gasteiger partial charge in [0.2, 0.25) is 0 Å². The van der Waals surface area contributed by atoms with E-state index in [0.29, 0.717) is 13.2 Å². The van der Waals surface area contributed by atoms with Gasteiger partial charge in [-0.25, -0.2) is 0 Å². The fourth-order valence-electron chi connectivity index (χ4n) is 1.05. The molecule has 86 valence electrons. The first-order valence-corrected chi connectivity index (χ1v) is 3.84. The molecule has 0 unspecified atom stereocenters. The standard InChI is InChI=1S/C10H13O2.2ClH.Sb/c1-11-7-9-4-3-5-10(6-9)8-12-2;;;/h3-5H,7-8H2,1-2H3;2*1H;/p-2. The van der Waals surface area contributed by atoms with Crippen LogP contribution in [0.5, 0.6) is 0 Å². The van der Waals surface area contributed by atoms with Crippen LogP contribution in [-0.4, -0.2) is 38.6 Å². The second kappa shape index (κ2) is 12.6. The van der Waals surface area contributed by atoms with Gasteiger partial charge in [0.25, 0.3) is 0 Å². The Morgan fingerprint density at radius 2 is 1.40 bits per heavy atom. The van der Waals surface area contributed by atoms with Crippen LogP contribution in [0.2, 0.25) is 0 Å². The van der Waals surface area contributed by atoms with E-state index < -0.39 is 0 Å². The van der Waals surface area contributed by atoms with E-state index in [-0.39, 0.29) is 49.2 Å². The van der Waals surface area contributed by atoms with Gasteiger partial charge in [-0.2, -0.15) is 0 Å². The minimum Gasteiger partial charge on any atom is -1.00 e. The van der Waals surface area contributed by atoms with E-state index >= 15 is 0 Å². The van der Waals surface area contributed by atoms with E-state index in [1.165, 1.54) is 0 Å². The van der Waals surface area contributed by atoms with E-state index in [9.17, 15) is 0 Å². The molecule has 1 aromatic carbocycles. The van der Waals surface area contributed by atoms with Gasteiger partial charge in [-0.3, -0.25) is 0 Å². The summed E-state index contributed by atoms with van der Waals surface area (Å²) < 4.78 is 9.98. The summed E-state index contributed by atoms with van der Waals surface area (Å²) in [5.74, 6) is 0. The van der Waals surface area contributed by atoms with Crippen LogP contribution in [0.1, 0.15) is 11.1 Å². The number of hydrogen-bond donors (Lipinski definition) is 0. The molecule has 0 amide bonds. The monoisotopic (exact) mass is 356 g/mol. The SMILES string of the molecule is COCc1[c]c(COC)ccc1.[Cl-].[Cl-].[Sb]. The Hall–Kier alpha value is 0.538. The first-order chi connectivity index (χ1) is 5.86. The van der Waals surface area contributed by atoms with Crippen LogP contribution in [-0.2, 0) is 22.7 Å². The molecule has 4 radical (unpaired) electrons. The summed E-state index contributed by atoms with van der Waals surface area (Å²) in [4.78, 5) is 0. The Balaban J connectivity index is -0.000000480. The van der Waals surface area contributed by atoms with Gasteiger partial charge in [-0.1, -0.05) is 18.2 Å². The Morgan fingerprint density at radius 3 is 1.73 bits per heavy atom. The maximum Gasteiger partial charge on any atom is 0.0719 e. The first kappa shape index (κ1) is 20.9. The van der Waals surface area contributed by atoms with Gasteiger partial charge >= 0.3 is 0 Å². The molecular formula is C10H13Cl2O2Sb-2. The quantitative estimate of drug-likeness (QED) is 0.505. The van der Waals surface area contributed by atoms with Crippen molar-refractivity contribution in [1.29, 1.82) is 0 Å². The maximum atomic E-state index is 4.99. The van der Waals surface area contributed by atoms with E-state index in [0.717, 1.165) is 11.1 Å². The molecule has 1 aromatic rings. The fourth-order valence-corrected chi connectivity index (χ4v) is 1.05. The second-order valence-corrected chi connectivity index (χ2v) is 2.57. The van der Waals surface area contributed by atoms with Gasteiger partial charge in [-0.15, -0.1) is 0 Å². The van der Waals surface area contributed by atoms with Crippen LogP contribution in [0.3, 0.4) is 0 Å². The van der Waals surface area contributed by atoms with Crippen molar-refractivity contribution in [2.45, 2.75) is 13.2 Å². The molecule has 0 saturated carbocycles. The van der Waals surface area contributed by atoms with Crippen molar-refractivity contribution in [3.63, 3.8) is 0 Å². The molecule has 0 aromatic heterocycles. The zero-order valence-electron chi connectivity index (χ0n) is 8.67. The maximum absolute atomic E-state index is 4.99. The van der Waals surface area contributed by atoms with Crippen LogP contribution < -0.4 is 24.8 Å². The number of rotatable bonds is 4. The third-order valence-corrected chi connectivity index (χ3v) is 1.52. The minimum absolute atomic E-state index is 0. The smallest absolute Gasteiger partial charge is 0.0719 e. The number of methoxy groups -OCH3 is 2. The van der Waals surface area contributed by atoms with E-state index in [1.807, 2.05) is 18.2 Å². The summed E-state index contributed by atoms with van der Waals surface area (Å²) in [6, 6.07) is 9.16. The van der Waals surface area contributed by atoms with Crippen LogP contribution in [0.4, 0.5) is 0 Å². The third kappa shape index (κ3) is 8.36. The van der Waals surface area contributed by atoms with E-state index in [2.05, 4.69) is 6.07 Å². The zero-order chi connectivity index (χ0) is 8.81. The van der Waals surface area contributed by atoms with Crippen molar-refractivity contribution < 1.29 is 34.3 Å². The molecule has 15 heavy (non-hydrogen) atoms. The number of hydrogen-bond acceptors (Lipinski definition) is 2. The van der Waals surface area contributed by atoms with Crippen molar-refractivity contribution in [3.05, 3.63) is 35.4 Å². The molecule has 0 atom stereocenters. The normalized spacial score (nSPS) is 8.13. The summed E-state index contributed by atoms with van der Waals surface area (Å²) >= 11 is 0. The summed E-state index contributed by atoms with van der Waals surface area (Å²) in [6.07, 6.45) is 0. The largest absolute Gasteiger partial charge is 1.00 e. The number of halogens is 2. The molecule has 0 fully saturated rings. The van der Waals surface area contributed by atoms with Gasteiger partial charge in [0, 0.05) is 38.6 Å². The van der Waals surface area contributed by atoms with E-state index in [1.54, 1.807) is 14.2 Å². The van der Waals surface area contributed by atoms with Gasteiger partial charge < -0.3 is 34.3 Å². The topological polar surface area (TPSA) is 18.5 Å². The Labute approximate surface area is 121 Å². The van der Waals surface area contributed by atoms with Gasteiger partial charge in [0.15, 0.2) is 0 Å². The fraction of sp³-hybridized carbons (Fsp3) is 0.400. The molecule has 0 heterocycles. The molecule has 0 spiro atoms. The van der Waals surface area contributed by atoms with Crippen LogP contribution in [0.15, 0.2) is 18.2 Å². The Kier molecular flexibility index (Phi) is 17.6. The van der Waals surface area contributed by atoms with Crippen molar-refractivity contribution in [3.8, 4) is 0 Å². The molecular weight excluding hydrogens is 345 g/mol.